The third-order valence-corrected chi connectivity index (χ3v) is 5.44. The van der Waals surface area contributed by atoms with E-state index in [0.29, 0.717) is 18.9 Å². The topological polar surface area (TPSA) is 84.3 Å². The van der Waals surface area contributed by atoms with Crippen LogP contribution in [0, 0.1) is 5.92 Å². The van der Waals surface area contributed by atoms with Gasteiger partial charge in [0, 0.05) is 48.0 Å². The lowest BCUT2D eigenvalue weighted by Gasteiger charge is -2.21. The van der Waals surface area contributed by atoms with E-state index in [-0.39, 0.29) is 17.9 Å². The van der Waals surface area contributed by atoms with Crippen LogP contribution in [0.3, 0.4) is 0 Å². The summed E-state index contributed by atoms with van der Waals surface area (Å²) in [6, 6.07) is 2.06. The van der Waals surface area contributed by atoms with Crippen molar-refractivity contribution in [2.45, 2.75) is 38.2 Å². The van der Waals surface area contributed by atoms with Crippen LogP contribution in [0.2, 0.25) is 0 Å². The second kappa shape index (κ2) is 5.86. The molecule has 1 amide bonds. The molecule has 1 saturated heterocycles. The molecule has 134 valence electrons. The molecule has 4 heterocycles. The van der Waals surface area contributed by atoms with E-state index in [2.05, 4.69) is 26.7 Å². The highest BCUT2D eigenvalue weighted by atomic mass is 16.5. The van der Waals surface area contributed by atoms with Crippen LogP contribution in [-0.4, -0.2) is 38.4 Å². The molecule has 0 aromatic carbocycles. The van der Waals surface area contributed by atoms with Crippen LogP contribution < -0.4 is 10.1 Å². The van der Waals surface area contributed by atoms with Crippen LogP contribution in [0.25, 0.3) is 16.6 Å². The Morgan fingerprint density at radius 3 is 2.88 bits per heavy atom. The molecular formula is C19H21N5O2. The molecule has 7 heteroatoms. The molecule has 1 aliphatic carbocycles. The first-order valence-electron chi connectivity index (χ1n) is 9.13. The predicted octanol–water partition coefficient (Wildman–Crippen LogP) is 2.51. The van der Waals surface area contributed by atoms with Crippen molar-refractivity contribution < 1.29 is 9.53 Å². The van der Waals surface area contributed by atoms with Crippen molar-refractivity contribution in [1.82, 2.24) is 25.1 Å². The molecule has 7 nitrogen and oxygen atoms in total. The monoisotopic (exact) mass is 351 g/mol. The molecule has 2 N–H and O–H groups in total. The molecule has 2 fully saturated rings. The number of ether oxygens (including phenoxy) is 1. The SMILES string of the molecule is C[C@@H](Oc1cc(-c2cn[nH]c2)cn2ncc(C3CC3)c12)[C@H]1CNC(=O)C1. The zero-order valence-electron chi connectivity index (χ0n) is 14.6. The Bertz CT molecular complexity index is 958. The van der Waals surface area contributed by atoms with Gasteiger partial charge in [0.1, 0.15) is 17.4 Å². The van der Waals surface area contributed by atoms with Gasteiger partial charge in [0.25, 0.3) is 0 Å². The van der Waals surface area contributed by atoms with Gasteiger partial charge in [-0.2, -0.15) is 10.2 Å². The molecule has 2 atom stereocenters. The first-order chi connectivity index (χ1) is 12.7. The van der Waals surface area contributed by atoms with Crippen LogP contribution in [0.1, 0.15) is 37.7 Å². The second-order valence-electron chi connectivity index (χ2n) is 7.34. The van der Waals surface area contributed by atoms with Gasteiger partial charge in [0.05, 0.1) is 12.4 Å². The maximum absolute atomic E-state index is 11.6. The zero-order valence-corrected chi connectivity index (χ0v) is 14.6. The number of nitrogens with one attached hydrogen (secondary N) is 2. The lowest BCUT2D eigenvalue weighted by molar-refractivity contribution is -0.119. The minimum absolute atomic E-state index is 0.0562. The first-order valence-corrected chi connectivity index (χ1v) is 9.13. The quantitative estimate of drug-likeness (QED) is 0.740. The molecule has 3 aromatic rings. The van der Waals surface area contributed by atoms with Crippen molar-refractivity contribution in [3.8, 4) is 16.9 Å². The predicted molar refractivity (Wildman–Crippen MR) is 96.0 cm³/mol. The van der Waals surface area contributed by atoms with E-state index in [0.717, 1.165) is 22.4 Å². The number of hydrogen-bond acceptors (Lipinski definition) is 4. The maximum Gasteiger partial charge on any atom is 0.220 e. The molecule has 5 rings (SSSR count). The fourth-order valence-electron chi connectivity index (χ4n) is 3.71. The van der Waals surface area contributed by atoms with E-state index in [1.165, 1.54) is 18.4 Å². The molecule has 3 aromatic heterocycles. The van der Waals surface area contributed by atoms with Crippen molar-refractivity contribution in [3.05, 3.63) is 36.4 Å². The van der Waals surface area contributed by atoms with E-state index in [1.807, 2.05) is 30.0 Å². The number of hydrogen-bond donors (Lipinski definition) is 2. The smallest absolute Gasteiger partial charge is 0.220 e. The van der Waals surface area contributed by atoms with Crippen molar-refractivity contribution in [3.63, 3.8) is 0 Å². The highest BCUT2D eigenvalue weighted by Crippen LogP contribution is 2.44. The van der Waals surface area contributed by atoms with Gasteiger partial charge in [-0.3, -0.25) is 9.89 Å². The molecule has 0 radical (unpaired) electrons. The summed E-state index contributed by atoms with van der Waals surface area (Å²) in [5, 5.41) is 14.4. The largest absolute Gasteiger partial charge is 0.488 e. The van der Waals surface area contributed by atoms with Crippen molar-refractivity contribution >= 4 is 11.4 Å². The van der Waals surface area contributed by atoms with Crippen LogP contribution in [0.5, 0.6) is 5.75 Å². The van der Waals surface area contributed by atoms with E-state index in [4.69, 9.17) is 4.74 Å². The van der Waals surface area contributed by atoms with Crippen LogP contribution in [0.4, 0.5) is 0 Å². The van der Waals surface area contributed by atoms with Gasteiger partial charge in [0.15, 0.2) is 0 Å². The van der Waals surface area contributed by atoms with Gasteiger partial charge in [-0.05, 0) is 31.7 Å². The first kappa shape index (κ1) is 15.4. The number of amides is 1. The molecule has 2 aliphatic rings. The zero-order chi connectivity index (χ0) is 17.7. The molecule has 0 bridgehead atoms. The number of nitrogens with zero attached hydrogens (tertiary/aromatic N) is 3. The Morgan fingerprint density at radius 1 is 1.31 bits per heavy atom. The average Bonchev–Trinajstić information content (AvgIpc) is 3.06. The standard InChI is InChI=1S/C19H21N5O2/c1-11(13-5-18(25)20-6-13)26-17-4-14(15-7-21-22-8-15)10-24-19(17)16(9-23-24)12-2-3-12/h4,7-13H,2-3,5-6H2,1H3,(H,20,25)(H,21,22)/t11-,13-/m1/s1. The van der Waals surface area contributed by atoms with Crippen LogP contribution in [0.15, 0.2) is 30.9 Å². The van der Waals surface area contributed by atoms with Crippen molar-refractivity contribution in [1.29, 1.82) is 0 Å². The maximum atomic E-state index is 11.6. The van der Waals surface area contributed by atoms with Gasteiger partial charge in [-0.25, -0.2) is 4.52 Å². The summed E-state index contributed by atoms with van der Waals surface area (Å²) >= 11 is 0. The van der Waals surface area contributed by atoms with E-state index in [1.54, 1.807) is 6.20 Å². The van der Waals surface area contributed by atoms with Crippen LogP contribution in [-0.2, 0) is 4.79 Å². The summed E-state index contributed by atoms with van der Waals surface area (Å²) in [4.78, 5) is 11.6. The number of carbonyl (C=O) groups excluding carboxylic acids is 1. The molecule has 0 unspecified atom stereocenters. The minimum atomic E-state index is -0.0562. The normalized spacial score (nSPS) is 21.1. The Kier molecular flexibility index (Phi) is 3.48. The lowest BCUT2D eigenvalue weighted by Crippen LogP contribution is -2.25. The summed E-state index contributed by atoms with van der Waals surface area (Å²) in [5.74, 6) is 1.70. The molecule has 1 aliphatic heterocycles. The number of rotatable bonds is 5. The molecule has 1 saturated carbocycles. The van der Waals surface area contributed by atoms with Gasteiger partial charge >= 0.3 is 0 Å². The third-order valence-electron chi connectivity index (χ3n) is 5.44. The molecule has 26 heavy (non-hydrogen) atoms. The van der Waals surface area contributed by atoms with Gasteiger partial charge in [0.2, 0.25) is 5.91 Å². The van der Waals surface area contributed by atoms with E-state index >= 15 is 0 Å². The molecular weight excluding hydrogens is 330 g/mol. The van der Waals surface area contributed by atoms with Gasteiger partial charge in [-0.1, -0.05) is 0 Å². The van der Waals surface area contributed by atoms with Crippen molar-refractivity contribution in [2.24, 2.45) is 5.92 Å². The Morgan fingerprint density at radius 2 is 2.19 bits per heavy atom. The number of carbonyl (C=O) groups is 1. The number of fused-ring (bicyclic) bond motifs is 1. The van der Waals surface area contributed by atoms with Gasteiger partial charge in [-0.15, -0.1) is 0 Å². The van der Waals surface area contributed by atoms with E-state index in [9.17, 15) is 4.79 Å². The molecule has 0 spiro atoms. The average molecular weight is 351 g/mol. The van der Waals surface area contributed by atoms with E-state index < -0.39 is 0 Å². The fraction of sp³-hybridized carbons (Fsp3) is 0.421. The van der Waals surface area contributed by atoms with Gasteiger partial charge < -0.3 is 10.1 Å². The summed E-state index contributed by atoms with van der Waals surface area (Å²) in [6.45, 7) is 2.71. The highest BCUT2D eigenvalue weighted by Gasteiger charge is 2.31. The summed E-state index contributed by atoms with van der Waals surface area (Å²) in [7, 11) is 0. The minimum Gasteiger partial charge on any atom is -0.488 e. The number of pyridine rings is 1. The number of H-pyrrole nitrogens is 1. The number of aromatic amines is 1. The Balaban J connectivity index is 1.56. The lowest BCUT2D eigenvalue weighted by atomic mass is 10.0. The summed E-state index contributed by atoms with van der Waals surface area (Å²) in [5.41, 5.74) is 4.29. The number of aromatic nitrogens is 4. The Hall–Kier alpha value is -2.83. The Labute approximate surface area is 150 Å². The highest BCUT2D eigenvalue weighted by molar-refractivity contribution is 5.78. The summed E-state index contributed by atoms with van der Waals surface area (Å²) in [6.07, 6.45) is 10.5. The third kappa shape index (κ3) is 2.64. The fourth-order valence-corrected chi connectivity index (χ4v) is 3.71. The summed E-state index contributed by atoms with van der Waals surface area (Å²) < 4.78 is 8.30. The van der Waals surface area contributed by atoms with Crippen molar-refractivity contribution in [2.75, 3.05) is 6.54 Å². The van der Waals surface area contributed by atoms with Crippen LogP contribution >= 0.6 is 0 Å². The second-order valence-corrected chi connectivity index (χ2v) is 7.34.